The Morgan fingerprint density at radius 3 is 2.74 bits per heavy atom. The summed E-state index contributed by atoms with van der Waals surface area (Å²) in [6, 6.07) is 7.88. The SMILES string of the molecule is CNC(=O)COC(=O)c1cc2c(s1)-c1ccc(OC)cc1CC2. The van der Waals surface area contributed by atoms with Gasteiger partial charge in [-0.1, -0.05) is 0 Å². The molecule has 1 aliphatic carbocycles. The van der Waals surface area contributed by atoms with Gasteiger partial charge in [0.05, 0.1) is 7.11 Å². The van der Waals surface area contributed by atoms with Crippen LogP contribution in [-0.4, -0.2) is 32.6 Å². The van der Waals surface area contributed by atoms with Crippen molar-refractivity contribution in [3.8, 4) is 16.2 Å². The molecule has 0 radical (unpaired) electrons. The lowest BCUT2D eigenvalue weighted by Gasteiger charge is -2.16. The summed E-state index contributed by atoms with van der Waals surface area (Å²) in [6.45, 7) is -0.258. The molecule has 0 spiro atoms. The smallest absolute Gasteiger partial charge is 0.348 e. The van der Waals surface area contributed by atoms with Gasteiger partial charge in [-0.15, -0.1) is 11.3 Å². The molecule has 0 bridgehead atoms. The molecule has 0 atom stereocenters. The van der Waals surface area contributed by atoms with Crippen LogP contribution in [0.25, 0.3) is 10.4 Å². The Balaban J connectivity index is 1.85. The van der Waals surface area contributed by atoms with E-state index in [1.54, 1.807) is 7.11 Å². The molecule has 0 saturated carbocycles. The van der Waals surface area contributed by atoms with E-state index in [9.17, 15) is 9.59 Å². The van der Waals surface area contributed by atoms with Crippen LogP contribution in [0.2, 0.25) is 0 Å². The second-order valence-corrected chi connectivity index (χ2v) is 6.29. The van der Waals surface area contributed by atoms with E-state index in [2.05, 4.69) is 5.32 Å². The van der Waals surface area contributed by atoms with Crippen molar-refractivity contribution < 1.29 is 19.1 Å². The van der Waals surface area contributed by atoms with Crippen LogP contribution >= 0.6 is 11.3 Å². The minimum atomic E-state index is -0.455. The van der Waals surface area contributed by atoms with E-state index >= 15 is 0 Å². The van der Waals surface area contributed by atoms with E-state index in [1.807, 2.05) is 24.3 Å². The monoisotopic (exact) mass is 331 g/mol. The number of methoxy groups -OCH3 is 1. The summed E-state index contributed by atoms with van der Waals surface area (Å²) in [5, 5.41) is 2.42. The van der Waals surface area contributed by atoms with Crippen LogP contribution in [-0.2, 0) is 22.4 Å². The van der Waals surface area contributed by atoms with Gasteiger partial charge in [0.1, 0.15) is 10.6 Å². The van der Waals surface area contributed by atoms with Gasteiger partial charge in [0, 0.05) is 11.9 Å². The lowest BCUT2D eigenvalue weighted by atomic mass is 9.91. The van der Waals surface area contributed by atoms with Crippen LogP contribution in [0.3, 0.4) is 0 Å². The van der Waals surface area contributed by atoms with Gasteiger partial charge in [0.2, 0.25) is 0 Å². The lowest BCUT2D eigenvalue weighted by Crippen LogP contribution is -2.24. The van der Waals surface area contributed by atoms with Crippen molar-refractivity contribution in [3.05, 3.63) is 40.3 Å². The zero-order valence-electron chi connectivity index (χ0n) is 13.0. The summed E-state index contributed by atoms with van der Waals surface area (Å²) in [7, 11) is 3.16. The predicted octanol–water partition coefficient (Wildman–Crippen LogP) is 2.43. The zero-order chi connectivity index (χ0) is 16.4. The van der Waals surface area contributed by atoms with Crippen LogP contribution < -0.4 is 10.1 Å². The van der Waals surface area contributed by atoms with Gasteiger partial charge in [-0.25, -0.2) is 4.79 Å². The van der Waals surface area contributed by atoms with Gasteiger partial charge in [-0.3, -0.25) is 4.79 Å². The number of hydrogen-bond donors (Lipinski definition) is 1. The van der Waals surface area contributed by atoms with Crippen molar-refractivity contribution in [1.29, 1.82) is 0 Å². The number of aryl methyl sites for hydroxylation is 2. The van der Waals surface area contributed by atoms with Crippen LogP contribution in [0.15, 0.2) is 24.3 Å². The van der Waals surface area contributed by atoms with Crippen molar-refractivity contribution >= 4 is 23.2 Å². The van der Waals surface area contributed by atoms with Crippen molar-refractivity contribution in [2.24, 2.45) is 0 Å². The summed E-state index contributed by atoms with van der Waals surface area (Å²) in [5.41, 5.74) is 3.52. The second kappa shape index (κ2) is 6.42. The molecular formula is C17H17NO4S. The summed E-state index contributed by atoms with van der Waals surface area (Å²) < 4.78 is 10.3. The first kappa shape index (κ1) is 15.6. The molecule has 0 unspecified atom stereocenters. The highest BCUT2D eigenvalue weighted by Crippen LogP contribution is 2.40. The second-order valence-electron chi connectivity index (χ2n) is 5.24. The minimum absolute atomic E-state index is 0.258. The van der Waals surface area contributed by atoms with E-state index < -0.39 is 5.97 Å². The molecule has 0 fully saturated rings. The maximum absolute atomic E-state index is 12.1. The molecule has 0 saturated heterocycles. The van der Waals surface area contributed by atoms with Crippen molar-refractivity contribution in [2.75, 3.05) is 20.8 Å². The summed E-state index contributed by atoms with van der Waals surface area (Å²) in [5.74, 6) is 0.0640. The molecule has 1 aliphatic rings. The van der Waals surface area contributed by atoms with E-state index in [-0.39, 0.29) is 12.5 Å². The Labute approximate surface area is 138 Å². The largest absolute Gasteiger partial charge is 0.497 e. The van der Waals surface area contributed by atoms with Gasteiger partial charge in [0.15, 0.2) is 6.61 Å². The molecule has 3 rings (SSSR count). The number of rotatable bonds is 4. The quantitative estimate of drug-likeness (QED) is 0.874. The number of amides is 1. The highest BCUT2D eigenvalue weighted by atomic mass is 32.1. The van der Waals surface area contributed by atoms with E-state index in [0.717, 1.165) is 34.6 Å². The Hall–Kier alpha value is -2.34. The summed E-state index contributed by atoms with van der Waals surface area (Å²) in [4.78, 5) is 24.9. The Kier molecular flexibility index (Phi) is 4.34. The fourth-order valence-corrected chi connectivity index (χ4v) is 3.78. The van der Waals surface area contributed by atoms with Crippen LogP contribution in [0.5, 0.6) is 5.75 Å². The molecular weight excluding hydrogens is 314 g/mol. The lowest BCUT2D eigenvalue weighted by molar-refractivity contribution is -0.123. The molecule has 6 heteroatoms. The molecule has 1 amide bonds. The van der Waals surface area contributed by atoms with Crippen molar-refractivity contribution in [1.82, 2.24) is 5.32 Å². The van der Waals surface area contributed by atoms with Gasteiger partial charge >= 0.3 is 5.97 Å². The van der Waals surface area contributed by atoms with E-state index in [0.29, 0.717) is 4.88 Å². The molecule has 23 heavy (non-hydrogen) atoms. The third-order valence-corrected chi connectivity index (χ3v) is 5.03. The number of esters is 1. The fourth-order valence-electron chi connectivity index (χ4n) is 2.61. The summed E-state index contributed by atoms with van der Waals surface area (Å²) >= 11 is 1.41. The van der Waals surface area contributed by atoms with E-state index in [1.165, 1.54) is 23.9 Å². The topological polar surface area (TPSA) is 64.6 Å². The standard InChI is InChI=1S/C17H17NO4S/c1-18-15(19)9-22-17(20)14-8-11-4-3-10-7-12(21-2)5-6-13(10)16(11)23-14/h5-8H,3-4,9H2,1-2H3,(H,18,19). The van der Waals surface area contributed by atoms with Gasteiger partial charge in [0.25, 0.3) is 5.91 Å². The molecule has 0 aliphatic heterocycles. The normalized spacial score (nSPS) is 12.1. The average molecular weight is 331 g/mol. The predicted molar refractivity (Wildman–Crippen MR) is 88.1 cm³/mol. The Morgan fingerprint density at radius 1 is 1.22 bits per heavy atom. The first-order valence-electron chi connectivity index (χ1n) is 7.30. The highest BCUT2D eigenvalue weighted by Gasteiger charge is 2.23. The number of fused-ring (bicyclic) bond motifs is 3. The molecule has 1 aromatic heterocycles. The maximum atomic E-state index is 12.1. The first-order chi connectivity index (χ1) is 11.1. The Morgan fingerprint density at radius 2 is 2.00 bits per heavy atom. The molecule has 2 aromatic rings. The third-order valence-electron chi connectivity index (χ3n) is 3.84. The number of thiophene rings is 1. The van der Waals surface area contributed by atoms with Crippen molar-refractivity contribution in [3.63, 3.8) is 0 Å². The molecule has 120 valence electrons. The molecule has 5 nitrogen and oxygen atoms in total. The number of likely N-dealkylation sites (N-methyl/N-ethyl adjacent to an activating group) is 1. The molecule has 1 aromatic carbocycles. The van der Waals surface area contributed by atoms with Crippen LogP contribution in [0, 0.1) is 0 Å². The zero-order valence-corrected chi connectivity index (χ0v) is 13.8. The highest BCUT2D eigenvalue weighted by molar-refractivity contribution is 7.17. The molecule has 1 N–H and O–H groups in total. The fraction of sp³-hybridized carbons (Fsp3) is 0.294. The van der Waals surface area contributed by atoms with Crippen molar-refractivity contribution in [2.45, 2.75) is 12.8 Å². The van der Waals surface area contributed by atoms with Gasteiger partial charge in [-0.2, -0.15) is 0 Å². The number of benzene rings is 1. The average Bonchev–Trinajstić information content (AvgIpc) is 3.03. The number of nitrogens with one attached hydrogen (secondary N) is 1. The number of carbonyl (C=O) groups excluding carboxylic acids is 2. The van der Waals surface area contributed by atoms with Crippen LogP contribution in [0.1, 0.15) is 20.8 Å². The number of hydrogen-bond acceptors (Lipinski definition) is 5. The summed E-state index contributed by atoms with van der Waals surface area (Å²) in [6.07, 6.45) is 1.80. The first-order valence-corrected chi connectivity index (χ1v) is 8.11. The minimum Gasteiger partial charge on any atom is -0.497 e. The van der Waals surface area contributed by atoms with E-state index in [4.69, 9.17) is 9.47 Å². The Bertz CT molecular complexity index is 766. The van der Waals surface area contributed by atoms with Gasteiger partial charge < -0.3 is 14.8 Å². The number of carbonyl (C=O) groups is 2. The van der Waals surface area contributed by atoms with Gasteiger partial charge in [-0.05, 0) is 53.8 Å². The number of ether oxygens (including phenoxy) is 2. The molecule has 1 heterocycles. The maximum Gasteiger partial charge on any atom is 0.348 e. The van der Waals surface area contributed by atoms with Crippen LogP contribution in [0.4, 0.5) is 0 Å². The third kappa shape index (κ3) is 3.07.